The third-order valence-corrected chi connectivity index (χ3v) is 5.79. The third-order valence-electron chi connectivity index (χ3n) is 5.79. The van der Waals surface area contributed by atoms with E-state index in [1.807, 2.05) is 54.6 Å². The first-order valence-electron chi connectivity index (χ1n) is 11.0. The molecule has 0 radical (unpaired) electrons. The molecule has 0 aliphatic heterocycles. The molecule has 34 heavy (non-hydrogen) atoms. The summed E-state index contributed by atoms with van der Waals surface area (Å²) in [5.74, 6) is -1.68. The molecule has 0 fully saturated rings. The van der Waals surface area contributed by atoms with Crippen LogP contribution in [0.15, 0.2) is 72.9 Å². The molecule has 1 aliphatic rings. The van der Waals surface area contributed by atoms with E-state index >= 15 is 0 Å². The molecule has 2 amide bonds. The number of aromatic nitrogens is 1. The van der Waals surface area contributed by atoms with Crippen LogP contribution in [0.25, 0.3) is 11.1 Å². The van der Waals surface area contributed by atoms with Crippen molar-refractivity contribution in [1.29, 1.82) is 0 Å². The molecule has 174 valence electrons. The summed E-state index contributed by atoms with van der Waals surface area (Å²) >= 11 is 0. The lowest BCUT2D eigenvalue weighted by Gasteiger charge is -2.17. The molecule has 2 aromatic carbocycles. The molecule has 0 spiro atoms. The number of carboxylic acid groups (broad SMARTS) is 1. The number of benzene rings is 2. The van der Waals surface area contributed by atoms with E-state index in [-0.39, 0.29) is 37.8 Å². The van der Waals surface area contributed by atoms with Crippen molar-refractivity contribution in [3.8, 4) is 11.1 Å². The number of aliphatic carboxylic acids is 1. The van der Waals surface area contributed by atoms with Gasteiger partial charge >= 0.3 is 12.1 Å². The second-order valence-corrected chi connectivity index (χ2v) is 8.00. The maximum atomic E-state index is 12.4. The van der Waals surface area contributed by atoms with Gasteiger partial charge in [0.1, 0.15) is 12.6 Å². The predicted molar refractivity (Wildman–Crippen MR) is 125 cm³/mol. The number of pyridine rings is 1. The highest BCUT2D eigenvalue weighted by atomic mass is 16.5. The van der Waals surface area contributed by atoms with Crippen molar-refractivity contribution in [1.82, 2.24) is 15.6 Å². The van der Waals surface area contributed by atoms with Crippen LogP contribution in [0.5, 0.6) is 0 Å². The summed E-state index contributed by atoms with van der Waals surface area (Å²) in [7, 11) is 0. The van der Waals surface area contributed by atoms with Gasteiger partial charge < -0.3 is 20.5 Å². The summed E-state index contributed by atoms with van der Waals surface area (Å²) < 4.78 is 5.41. The minimum absolute atomic E-state index is 0.0619. The quantitative estimate of drug-likeness (QED) is 0.451. The van der Waals surface area contributed by atoms with Gasteiger partial charge in [-0.05, 0) is 40.8 Å². The molecular weight excluding hydrogens is 434 g/mol. The highest BCUT2D eigenvalue weighted by Crippen LogP contribution is 2.44. The molecule has 4 rings (SSSR count). The van der Waals surface area contributed by atoms with Crippen LogP contribution in [-0.4, -0.2) is 40.7 Å². The lowest BCUT2D eigenvalue weighted by molar-refractivity contribution is -0.139. The maximum Gasteiger partial charge on any atom is 0.407 e. The molecule has 0 unspecified atom stereocenters. The summed E-state index contributed by atoms with van der Waals surface area (Å²) in [6, 6.07) is 20.0. The second-order valence-electron chi connectivity index (χ2n) is 8.00. The van der Waals surface area contributed by atoms with E-state index in [0.29, 0.717) is 5.69 Å². The SMILES string of the molecule is O=C(CC[C@H](NC(=O)OCC1c2ccccc2-c2ccccc21)C(=O)O)NCc1ccccn1. The van der Waals surface area contributed by atoms with Crippen molar-refractivity contribution < 1.29 is 24.2 Å². The summed E-state index contributed by atoms with van der Waals surface area (Å²) in [5.41, 5.74) is 5.04. The van der Waals surface area contributed by atoms with Gasteiger partial charge in [0.2, 0.25) is 5.91 Å². The number of carboxylic acids is 1. The minimum Gasteiger partial charge on any atom is -0.480 e. The Morgan fingerprint density at radius 3 is 2.21 bits per heavy atom. The molecule has 3 N–H and O–H groups in total. The molecule has 0 bridgehead atoms. The lowest BCUT2D eigenvalue weighted by atomic mass is 9.98. The Bertz CT molecular complexity index is 1140. The van der Waals surface area contributed by atoms with E-state index in [1.165, 1.54) is 0 Å². The van der Waals surface area contributed by atoms with Gasteiger partial charge in [0.25, 0.3) is 0 Å². The highest BCUT2D eigenvalue weighted by Gasteiger charge is 2.29. The van der Waals surface area contributed by atoms with Gasteiger partial charge in [-0.2, -0.15) is 0 Å². The van der Waals surface area contributed by atoms with Gasteiger partial charge in [0.15, 0.2) is 0 Å². The average molecular weight is 460 g/mol. The van der Waals surface area contributed by atoms with E-state index < -0.39 is 18.1 Å². The highest BCUT2D eigenvalue weighted by molar-refractivity contribution is 5.82. The van der Waals surface area contributed by atoms with E-state index in [0.717, 1.165) is 22.3 Å². The summed E-state index contributed by atoms with van der Waals surface area (Å²) in [6.07, 6.45) is 0.671. The van der Waals surface area contributed by atoms with Gasteiger partial charge in [0.05, 0.1) is 12.2 Å². The maximum absolute atomic E-state index is 12.4. The van der Waals surface area contributed by atoms with Crippen LogP contribution in [0.1, 0.15) is 35.6 Å². The largest absolute Gasteiger partial charge is 0.480 e. The Balaban J connectivity index is 1.29. The number of carbonyl (C=O) groups is 3. The number of rotatable bonds is 9. The molecule has 3 aromatic rings. The smallest absolute Gasteiger partial charge is 0.407 e. The number of nitrogens with one attached hydrogen (secondary N) is 2. The monoisotopic (exact) mass is 459 g/mol. The molecule has 0 saturated heterocycles. The molecule has 8 nitrogen and oxygen atoms in total. The van der Waals surface area contributed by atoms with Crippen molar-refractivity contribution in [3.63, 3.8) is 0 Å². The van der Waals surface area contributed by atoms with Crippen LogP contribution in [0, 0.1) is 0 Å². The first kappa shape index (κ1) is 23.0. The molecule has 8 heteroatoms. The number of alkyl carbamates (subject to hydrolysis) is 1. The van der Waals surface area contributed by atoms with E-state index in [4.69, 9.17) is 4.74 Å². The first-order valence-corrected chi connectivity index (χ1v) is 11.0. The zero-order valence-corrected chi connectivity index (χ0v) is 18.4. The number of hydrogen-bond acceptors (Lipinski definition) is 5. The topological polar surface area (TPSA) is 118 Å². The Hall–Kier alpha value is -4.20. The van der Waals surface area contributed by atoms with Gasteiger partial charge in [-0.25, -0.2) is 9.59 Å². The zero-order valence-electron chi connectivity index (χ0n) is 18.4. The number of ether oxygens (including phenoxy) is 1. The van der Waals surface area contributed by atoms with Crippen molar-refractivity contribution in [2.24, 2.45) is 0 Å². The number of fused-ring (bicyclic) bond motifs is 3. The fourth-order valence-electron chi connectivity index (χ4n) is 4.10. The van der Waals surface area contributed by atoms with Gasteiger partial charge in [-0.3, -0.25) is 9.78 Å². The van der Waals surface area contributed by atoms with Crippen LogP contribution in [0.4, 0.5) is 4.79 Å². The van der Waals surface area contributed by atoms with Crippen LogP contribution in [0.3, 0.4) is 0 Å². The molecule has 0 saturated carbocycles. The van der Waals surface area contributed by atoms with E-state index in [2.05, 4.69) is 15.6 Å². The summed E-state index contributed by atoms with van der Waals surface area (Å²) in [6.45, 7) is 0.327. The van der Waals surface area contributed by atoms with Crippen molar-refractivity contribution >= 4 is 18.0 Å². The fourth-order valence-corrected chi connectivity index (χ4v) is 4.10. The standard InChI is InChI=1S/C26H25N3O5/c30-24(28-15-17-7-5-6-14-27-17)13-12-23(25(31)32)29-26(33)34-16-22-20-10-3-1-8-18(20)19-9-2-4-11-21(19)22/h1-11,14,22-23H,12-13,15-16H2,(H,28,30)(H,29,33)(H,31,32)/t23-/m0/s1. The Morgan fingerprint density at radius 1 is 0.941 bits per heavy atom. The number of carbonyl (C=O) groups excluding carboxylic acids is 2. The molecule has 1 aromatic heterocycles. The van der Waals surface area contributed by atoms with Gasteiger partial charge in [0, 0.05) is 18.5 Å². The molecule has 1 aliphatic carbocycles. The lowest BCUT2D eigenvalue weighted by Crippen LogP contribution is -2.42. The van der Waals surface area contributed by atoms with Crippen LogP contribution >= 0.6 is 0 Å². The third kappa shape index (κ3) is 5.40. The molecular formula is C26H25N3O5. The normalized spacial score (nSPS) is 12.8. The van der Waals surface area contributed by atoms with Crippen LogP contribution in [-0.2, 0) is 20.9 Å². The van der Waals surface area contributed by atoms with Crippen molar-refractivity contribution in [2.45, 2.75) is 31.3 Å². The Kier molecular flexibility index (Phi) is 7.17. The van der Waals surface area contributed by atoms with Gasteiger partial charge in [-0.1, -0.05) is 54.6 Å². The Morgan fingerprint density at radius 2 is 1.59 bits per heavy atom. The van der Waals surface area contributed by atoms with Crippen molar-refractivity contribution in [2.75, 3.05) is 6.61 Å². The second kappa shape index (κ2) is 10.6. The van der Waals surface area contributed by atoms with Crippen LogP contribution in [0.2, 0.25) is 0 Å². The Labute approximate surface area is 197 Å². The van der Waals surface area contributed by atoms with E-state index in [9.17, 15) is 19.5 Å². The zero-order chi connectivity index (χ0) is 23.9. The summed E-state index contributed by atoms with van der Waals surface area (Å²) in [4.78, 5) is 40.2. The van der Waals surface area contributed by atoms with Gasteiger partial charge in [-0.15, -0.1) is 0 Å². The average Bonchev–Trinajstić information content (AvgIpc) is 3.18. The first-order chi connectivity index (χ1) is 16.5. The molecule has 1 atom stereocenters. The minimum atomic E-state index is -1.24. The number of amides is 2. The predicted octanol–water partition coefficient (Wildman–Crippen LogP) is 3.47. The summed E-state index contributed by atoms with van der Waals surface area (Å²) in [5, 5.41) is 14.5. The fraction of sp³-hybridized carbons (Fsp3) is 0.231. The number of nitrogens with zero attached hydrogens (tertiary/aromatic N) is 1. The van der Waals surface area contributed by atoms with Crippen molar-refractivity contribution in [3.05, 3.63) is 89.7 Å². The van der Waals surface area contributed by atoms with Crippen LogP contribution < -0.4 is 10.6 Å². The molecule has 1 heterocycles. The number of hydrogen-bond donors (Lipinski definition) is 3. The van der Waals surface area contributed by atoms with E-state index in [1.54, 1.807) is 18.3 Å².